The SMILES string of the molecule is COCCCNC(=O)C(=O)N1CCOCC1. The van der Waals surface area contributed by atoms with Gasteiger partial charge in [0.1, 0.15) is 0 Å². The van der Waals surface area contributed by atoms with E-state index in [9.17, 15) is 9.59 Å². The third kappa shape index (κ3) is 4.16. The molecule has 16 heavy (non-hydrogen) atoms. The van der Waals surface area contributed by atoms with Crippen LogP contribution in [0.5, 0.6) is 0 Å². The molecule has 0 saturated carbocycles. The topological polar surface area (TPSA) is 67.9 Å². The minimum Gasteiger partial charge on any atom is -0.385 e. The minimum atomic E-state index is -0.544. The second-order valence-electron chi connectivity index (χ2n) is 3.51. The summed E-state index contributed by atoms with van der Waals surface area (Å²) in [5, 5.41) is 2.56. The largest absolute Gasteiger partial charge is 0.385 e. The molecule has 1 saturated heterocycles. The first-order valence-electron chi connectivity index (χ1n) is 5.39. The first-order valence-corrected chi connectivity index (χ1v) is 5.39. The molecule has 0 aromatic carbocycles. The number of hydrogen-bond donors (Lipinski definition) is 1. The zero-order chi connectivity index (χ0) is 11.8. The van der Waals surface area contributed by atoms with Crippen LogP contribution < -0.4 is 5.32 Å². The van der Waals surface area contributed by atoms with E-state index in [2.05, 4.69) is 5.32 Å². The Hall–Kier alpha value is -1.14. The molecule has 1 aliphatic rings. The summed E-state index contributed by atoms with van der Waals surface area (Å²) in [7, 11) is 1.60. The standard InChI is InChI=1S/C10H18N2O4/c1-15-6-2-3-11-9(13)10(14)12-4-7-16-8-5-12/h2-8H2,1H3,(H,11,13). The Morgan fingerprint density at radius 2 is 2.06 bits per heavy atom. The molecule has 6 heteroatoms. The van der Waals surface area contributed by atoms with Gasteiger partial charge >= 0.3 is 11.8 Å². The average Bonchev–Trinajstić information content (AvgIpc) is 2.34. The summed E-state index contributed by atoms with van der Waals surface area (Å²) in [4.78, 5) is 24.5. The smallest absolute Gasteiger partial charge is 0.312 e. The molecule has 1 heterocycles. The van der Waals surface area contributed by atoms with Crippen LogP contribution in [0.3, 0.4) is 0 Å². The van der Waals surface area contributed by atoms with Crippen molar-refractivity contribution < 1.29 is 19.1 Å². The Morgan fingerprint density at radius 1 is 1.38 bits per heavy atom. The second-order valence-corrected chi connectivity index (χ2v) is 3.51. The van der Waals surface area contributed by atoms with E-state index in [1.54, 1.807) is 7.11 Å². The molecule has 0 aliphatic carbocycles. The van der Waals surface area contributed by atoms with Crippen molar-refractivity contribution >= 4 is 11.8 Å². The molecule has 1 N–H and O–H groups in total. The quantitative estimate of drug-likeness (QED) is 0.497. The van der Waals surface area contributed by atoms with Gasteiger partial charge in [0.2, 0.25) is 0 Å². The number of morpholine rings is 1. The van der Waals surface area contributed by atoms with Crippen LogP contribution in [0, 0.1) is 0 Å². The van der Waals surface area contributed by atoms with Crippen molar-refractivity contribution in [1.29, 1.82) is 0 Å². The minimum absolute atomic E-state index is 0.461. The molecule has 0 bridgehead atoms. The summed E-state index contributed by atoms with van der Waals surface area (Å²) in [6, 6.07) is 0. The third-order valence-corrected chi connectivity index (χ3v) is 2.30. The molecule has 1 rings (SSSR count). The van der Waals surface area contributed by atoms with Crippen LogP contribution in [0.1, 0.15) is 6.42 Å². The van der Waals surface area contributed by atoms with Crippen LogP contribution in [0.25, 0.3) is 0 Å². The Labute approximate surface area is 94.9 Å². The zero-order valence-electron chi connectivity index (χ0n) is 9.53. The fourth-order valence-corrected chi connectivity index (χ4v) is 1.40. The van der Waals surface area contributed by atoms with Gasteiger partial charge in [0.15, 0.2) is 0 Å². The van der Waals surface area contributed by atoms with Gasteiger partial charge in [0, 0.05) is 33.4 Å². The lowest BCUT2D eigenvalue weighted by molar-refractivity contribution is -0.148. The van der Waals surface area contributed by atoms with Crippen LogP contribution in [0.15, 0.2) is 0 Å². The van der Waals surface area contributed by atoms with Gasteiger partial charge in [0.25, 0.3) is 0 Å². The molecule has 1 aliphatic heterocycles. The van der Waals surface area contributed by atoms with Crippen molar-refractivity contribution in [3.63, 3.8) is 0 Å². The Balaban J connectivity index is 2.21. The predicted octanol–water partition coefficient (Wildman–Crippen LogP) is -1.00. The molecule has 2 amide bonds. The Bertz CT molecular complexity index is 239. The van der Waals surface area contributed by atoms with E-state index in [4.69, 9.17) is 9.47 Å². The van der Waals surface area contributed by atoms with E-state index in [-0.39, 0.29) is 0 Å². The van der Waals surface area contributed by atoms with E-state index in [1.807, 2.05) is 0 Å². The van der Waals surface area contributed by atoms with Gasteiger partial charge < -0.3 is 19.7 Å². The number of nitrogens with zero attached hydrogens (tertiary/aromatic N) is 1. The van der Waals surface area contributed by atoms with Crippen LogP contribution in [-0.2, 0) is 19.1 Å². The Morgan fingerprint density at radius 3 is 2.69 bits per heavy atom. The molecule has 6 nitrogen and oxygen atoms in total. The number of ether oxygens (including phenoxy) is 2. The summed E-state index contributed by atoms with van der Waals surface area (Å²) in [5.74, 6) is -1.02. The lowest BCUT2D eigenvalue weighted by Gasteiger charge is -2.26. The zero-order valence-corrected chi connectivity index (χ0v) is 9.53. The number of nitrogens with one attached hydrogen (secondary N) is 1. The van der Waals surface area contributed by atoms with Crippen LogP contribution >= 0.6 is 0 Å². The fourth-order valence-electron chi connectivity index (χ4n) is 1.40. The van der Waals surface area contributed by atoms with Crippen molar-refractivity contribution in [3.05, 3.63) is 0 Å². The van der Waals surface area contributed by atoms with Gasteiger partial charge in [0.05, 0.1) is 13.2 Å². The molecule has 0 unspecified atom stereocenters. The fraction of sp³-hybridized carbons (Fsp3) is 0.800. The first-order chi connectivity index (χ1) is 7.75. The van der Waals surface area contributed by atoms with Crippen molar-refractivity contribution in [3.8, 4) is 0 Å². The van der Waals surface area contributed by atoms with Crippen molar-refractivity contribution in [2.24, 2.45) is 0 Å². The second kappa shape index (κ2) is 7.19. The lowest BCUT2D eigenvalue weighted by Crippen LogP contribution is -2.48. The lowest BCUT2D eigenvalue weighted by atomic mass is 10.3. The van der Waals surface area contributed by atoms with Gasteiger partial charge in [-0.3, -0.25) is 9.59 Å². The third-order valence-electron chi connectivity index (χ3n) is 2.30. The average molecular weight is 230 g/mol. The number of amides is 2. The van der Waals surface area contributed by atoms with Crippen LogP contribution in [0.2, 0.25) is 0 Å². The molecule has 0 spiro atoms. The molecule has 0 radical (unpaired) electrons. The monoisotopic (exact) mass is 230 g/mol. The molecule has 1 fully saturated rings. The number of hydrogen-bond acceptors (Lipinski definition) is 4. The number of methoxy groups -OCH3 is 1. The van der Waals surface area contributed by atoms with E-state index < -0.39 is 11.8 Å². The molecular formula is C10H18N2O4. The van der Waals surface area contributed by atoms with Crippen molar-refractivity contribution in [2.45, 2.75) is 6.42 Å². The van der Waals surface area contributed by atoms with Gasteiger partial charge in [-0.1, -0.05) is 0 Å². The molecule has 0 aromatic rings. The molecule has 92 valence electrons. The normalized spacial score (nSPS) is 15.9. The Kier molecular flexibility index (Phi) is 5.81. The maximum absolute atomic E-state index is 11.6. The number of rotatable bonds is 4. The van der Waals surface area contributed by atoms with Gasteiger partial charge in [-0.15, -0.1) is 0 Å². The van der Waals surface area contributed by atoms with Crippen LogP contribution in [0.4, 0.5) is 0 Å². The van der Waals surface area contributed by atoms with Gasteiger partial charge in [-0.2, -0.15) is 0 Å². The van der Waals surface area contributed by atoms with E-state index >= 15 is 0 Å². The number of carbonyl (C=O) groups excluding carboxylic acids is 2. The highest BCUT2D eigenvalue weighted by Crippen LogP contribution is 1.97. The summed E-state index contributed by atoms with van der Waals surface area (Å²) in [6.07, 6.45) is 0.707. The maximum atomic E-state index is 11.6. The predicted molar refractivity (Wildman–Crippen MR) is 56.9 cm³/mol. The highest BCUT2D eigenvalue weighted by molar-refractivity contribution is 6.35. The highest BCUT2D eigenvalue weighted by atomic mass is 16.5. The van der Waals surface area contributed by atoms with Crippen LogP contribution in [-0.4, -0.2) is 63.3 Å². The molecule has 0 aromatic heterocycles. The summed E-state index contributed by atoms with van der Waals surface area (Å²) in [5.41, 5.74) is 0. The van der Waals surface area contributed by atoms with Crippen molar-refractivity contribution in [2.75, 3.05) is 46.6 Å². The first kappa shape index (κ1) is 12.9. The summed E-state index contributed by atoms with van der Waals surface area (Å²) >= 11 is 0. The van der Waals surface area contributed by atoms with E-state index in [0.29, 0.717) is 45.9 Å². The molecule has 0 atom stereocenters. The highest BCUT2D eigenvalue weighted by Gasteiger charge is 2.22. The summed E-state index contributed by atoms with van der Waals surface area (Å²) < 4.78 is 9.94. The van der Waals surface area contributed by atoms with Gasteiger partial charge in [-0.25, -0.2) is 0 Å². The van der Waals surface area contributed by atoms with Crippen molar-refractivity contribution in [1.82, 2.24) is 10.2 Å². The van der Waals surface area contributed by atoms with E-state index in [0.717, 1.165) is 0 Å². The number of carbonyl (C=O) groups is 2. The molecular weight excluding hydrogens is 212 g/mol. The summed E-state index contributed by atoms with van der Waals surface area (Å²) in [6.45, 7) is 3.02. The maximum Gasteiger partial charge on any atom is 0.312 e. The van der Waals surface area contributed by atoms with Gasteiger partial charge in [-0.05, 0) is 6.42 Å². The van der Waals surface area contributed by atoms with E-state index in [1.165, 1.54) is 4.90 Å².